The van der Waals surface area contributed by atoms with E-state index < -0.39 is 0 Å². The molecular weight excluding hydrogens is 218 g/mol. The maximum absolute atomic E-state index is 4.55. The van der Waals surface area contributed by atoms with Crippen molar-refractivity contribution in [1.29, 1.82) is 0 Å². The lowest BCUT2D eigenvalue weighted by atomic mass is 10.1. The second kappa shape index (κ2) is 5.41. The Bertz CT molecular complexity index is 261. The van der Waals surface area contributed by atoms with E-state index in [1.807, 2.05) is 11.8 Å². The molecule has 1 atom stereocenters. The highest BCUT2D eigenvalue weighted by Crippen LogP contribution is 2.26. The van der Waals surface area contributed by atoms with E-state index in [4.69, 9.17) is 0 Å². The Morgan fingerprint density at radius 3 is 2.81 bits per heavy atom. The molecule has 16 heavy (non-hydrogen) atoms. The molecule has 1 heterocycles. The van der Waals surface area contributed by atoms with Crippen LogP contribution in [0.4, 0.5) is 0 Å². The molecule has 0 radical (unpaired) electrons. The Labute approximate surface area is 103 Å². The van der Waals surface area contributed by atoms with Crippen LogP contribution in [-0.4, -0.2) is 48.0 Å². The van der Waals surface area contributed by atoms with Crippen LogP contribution in [0.2, 0.25) is 0 Å². The molecule has 0 bridgehead atoms. The highest BCUT2D eigenvalue weighted by molar-refractivity contribution is 8.14. The molecule has 2 aliphatic rings. The molecule has 1 aliphatic carbocycles. The molecule has 0 amide bonds. The molecule has 0 aromatic rings. The van der Waals surface area contributed by atoms with Crippen molar-refractivity contribution in [2.45, 2.75) is 38.0 Å². The van der Waals surface area contributed by atoms with Gasteiger partial charge in [0.05, 0.1) is 6.54 Å². The van der Waals surface area contributed by atoms with E-state index in [2.05, 4.69) is 36.1 Å². The summed E-state index contributed by atoms with van der Waals surface area (Å²) in [6.45, 7) is 7.71. The molecule has 0 spiro atoms. The number of aliphatic imine (C=N–C) groups is 1. The van der Waals surface area contributed by atoms with Crippen LogP contribution in [-0.2, 0) is 0 Å². The second-order valence-corrected chi connectivity index (χ2v) is 6.41. The first-order valence-electron chi connectivity index (χ1n) is 6.32. The van der Waals surface area contributed by atoms with Crippen molar-refractivity contribution < 1.29 is 0 Å². The summed E-state index contributed by atoms with van der Waals surface area (Å²) in [5, 5.41) is 5.29. The number of likely N-dealkylation sites (N-methyl/N-ethyl adjacent to an activating group) is 1. The molecule has 0 aromatic heterocycles. The molecule has 1 fully saturated rings. The zero-order valence-electron chi connectivity index (χ0n) is 10.6. The van der Waals surface area contributed by atoms with E-state index in [0.717, 1.165) is 36.8 Å². The lowest BCUT2D eigenvalue weighted by molar-refractivity contribution is 0.329. The van der Waals surface area contributed by atoms with Crippen molar-refractivity contribution in [2.24, 2.45) is 10.9 Å². The Balaban J connectivity index is 1.60. The van der Waals surface area contributed by atoms with E-state index in [-0.39, 0.29) is 0 Å². The van der Waals surface area contributed by atoms with Crippen LogP contribution < -0.4 is 5.32 Å². The van der Waals surface area contributed by atoms with Gasteiger partial charge in [0.15, 0.2) is 5.17 Å². The van der Waals surface area contributed by atoms with Crippen LogP contribution in [0, 0.1) is 5.92 Å². The number of thioether (sulfide) groups is 1. The molecular formula is C12H23N3S. The third-order valence-electron chi connectivity index (χ3n) is 3.33. The minimum atomic E-state index is 0.684. The van der Waals surface area contributed by atoms with Crippen molar-refractivity contribution in [1.82, 2.24) is 10.2 Å². The van der Waals surface area contributed by atoms with Crippen LogP contribution in [0.15, 0.2) is 4.99 Å². The molecule has 1 aliphatic heterocycles. The summed E-state index contributed by atoms with van der Waals surface area (Å²) in [4.78, 5) is 7.00. The van der Waals surface area contributed by atoms with Gasteiger partial charge in [-0.3, -0.25) is 4.99 Å². The van der Waals surface area contributed by atoms with E-state index in [1.54, 1.807) is 0 Å². The summed E-state index contributed by atoms with van der Waals surface area (Å²) >= 11 is 1.91. The Kier molecular flexibility index (Phi) is 4.14. The van der Waals surface area contributed by atoms with Crippen LogP contribution in [0.3, 0.4) is 0 Å². The Morgan fingerprint density at radius 1 is 1.50 bits per heavy atom. The van der Waals surface area contributed by atoms with Gasteiger partial charge in [-0.25, -0.2) is 0 Å². The standard InChI is InChI=1S/C12H23N3S/c1-9(2)11-8-14-12(16-11)13-6-7-15(3)10-4-5-10/h9-11H,4-8H2,1-3H3,(H,13,14). The van der Waals surface area contributed by atoms with Gasteiger partial charge in [-0.2, -0.15) is 0 Å². The smallest absolute Gasteiger partial charge is 0.156 e. The lowest BCUT2D eigenvalue weighted by Crippen LogP contribution is -2.32. The van der Waals surface area contributed by atoms with Gasteiger partial charge in [0, 0.05) is 24.4 Å². The van der Waals surface area contributed by atoms with E-state index >= 15 is 0 Å². The van der Waals surface area contributed by atoms with E-state index in [0.29, 0.717) is 5.25 Å². The van der Waals surface area contributed by atoms with Gasteiger partial charge in [-0.1, -0.05) is 25.6 Å². The average molecular weight is 241 g/mol. The maximum atomic E-state index is 4.55. The summed E-state index contributed by atoms with van der Waals surface area (Å²) in [5.74, 6) is 0.724. The quantitative estimate of drug-likeness (QED) is 0.795. The molecule has 92 valence electrons. The van der Waals surface area contributed by atoms with Gasteiger partial charge in [-0.05, 0) is 25.8 Å². The minimum absolute atomic E-state index is 0.684. The zero-order chi connectivity index (χ0) is 11.5. The molecule has 0 aromatic carbocycles. The summed E-state index contributed by atoms with van der Waals surface area (Å²) in [7, 11) is 2.22. The fraction of sp³-hybridized carbons (Fsp3) is 0.917. The third kappa shape index (κ3) is 3.39. The predicted molar refractivity (Wildman–Crippen MR) is 72.2 cm³/mol. The van der Waals surface area contributed by atoms with Gasteiger partial charge < -0.3 is 10.2 Å². The molecule has 2 rings (SSSR count). The monoisotopic (exact) mass is 241 g/mol. The molecule has 0 saturated heterocycles. The van der Waals surface area contributed by atoms with Gasteiger partial charge in [0.2, 0.25) is 0 Å². The fourth-order valence-corrected chi connectivity index (χ4v) is 2.91. The van der Waals surface area contributed by atoms with Gasteiger partial charge >= 0.3 is 0 Å². The number of hydrogen-bond acceptors (Lipinski definition) is 4. The first kappa shape index (κ1) is 12.2. The second-order valence-electron chi connectivity index (χ2n) is 5.18. The highest BCUT2D eigenvalue weighted by atomic mass is 32.2. The third-order valence-corrected chi connectivity index (χ3v) is 4.83. The van der Waals surface area contributed by atoms with Crippen LogP contribution in [0.1, 0.15) is 26.7 Å². The van der Waals surface area contributed by atoms with Crippen LogP contribution >= 0.6 is 11.8 Å². The van der Waals surface area contributed by atoms with Crippen molar-refractivity contribution in [3.8, 4) is 0 Å². The van der Waals surface area contributed by atoms with Crippen molar-refractivity contribution in [3.05, 3.63) is 0 Å². The van der Waals surface area contributed by atoms with Crippen LogP contribution in [0.25, 0.3) is 0 Å². The molecule has 1 saturated carbocycles. The van der Waals surface area contributed by atoms with Crippen molar-refractivity contribution >= 4 is 16.9 Å². The molecule has 3 nitrogen and oxygen atoms in total. The maximum Gasteiger partial charge on any atom is 0.156 e. The molecule has 1 N–H and O–H groups in total. The van der Waals surface area contributed by atoms with E-state index in [9.17, 15) is 0 Å². The molecule has 1 unspecified atom stereocenters. The SMILES string of the molecule is CC(C)C1CN=C(NCCN(C)C2CC2)S1. The minimum Gasteiger partial charge on any atom is -0.364 e. The van der Waals surface area contributed by atoms with Crippen LogP contribution in [0.5, 0.6) is 0 Å². The number of hydrogen-bond donors (Lipinski definition) is 1. The zero-order valence-corrected chi connectivity index (χ0v) is 11.4. The van der Waals surface area contributed by atoms with Gasteiger partial charge in [0.1, 0.15) is 0 Å². The number of nitrogens with one attached hydrogen (secondary N) is 1. The Hall–Kier alpha value is -0.220. The lowest BCUT2D eigenvalue weighted by Gasteiger charge is -2.16. The molecule has 4 heteroatoms. The first-order chi connectivity index (χ1) is 7.66. The van der Waals surface area contributed by atoms with Gasteiger partial charge in [0.25, 0.3) is 0 Å². The fourth-order valence-electron chi connectivity index (χ4n) is 1.87. The number of nitrogens with zero attached hydrogens (tertiary/aromatic N) is 2. The number of amidine groups is 1. The number of rotatable bonds is 5. The summed E-state index contributed by atoms with van der Waals surface area (Å²) in [6, 6.07) is 0.864. The average Bonchev–Trinajstić information content (AvgIpc) is 2.98. The summed E-state index contributed by atoms with van der Waals surface area (Å²) in [5.41, 5.74) is 0. The predicted octanol–water partition coefficient (Wildman–Crippen LogP) is 1.80. The van der Waals surface area contributed by atoms with Gasteiger partial charge in [-0.15, -0.1) is 0 Å². The van der Waals surface area contributed by atoms with E-state index in [1.165, 1.54) is 12.8 Å². The van der Waals surface area contributed by atoms with Crippen molar-refractivity contribution in [3.63, 3.8) is 0 Å². The highest BCUT2D eigenvalue weighted by Gasteiger charge is 2.26. The summed E-state index contributed by atoms with van der Waals surface area (Å²) < 4.78 is 0. The Morgan fingerprint density at radius 2 is 2.25 bits per heavy atom. The largest absolute Gasteiger partial charge is 0.364 e. The van der Waals surface area contributed by atoms with Crippen molar-refractivity contribution in [2.75, 3.05) is 26.7 Å². The first-order valence-corrected chi connectivity index (χ1v) is 7.20. The topological polar surface area (TPSA) is 27.6 Å². The summed E-state index contributed by atoms with van der Waals surface area (Å²) in [6.07, 6.45) is 2.78. The normalized spacial score (nSPS) is 25.3.